The van der Waals surface area contributed by atoms with Gasteiger partial charge in [-0.1, -0.05) is 11.8 Å². The van der Waals surface area contributed by atoms with E-state index in [9.17, 15) is 15.0 Å². The predicted molar refractivity (Wildman–Crippen MR) is 69.0 cm³/mol. The van der Waals surface area contributed by atoms with Crippen LogP contribution >= 0.6 is 23.1 Å². The molecular formula is C11H16O4S2. The van der Waals surface area contributed by atoms with E-state index in [0.29, 0.717) is 17.7 Å². The van der Waals surface area contributed by atoms with Gasteiger partial charge in [0.1, 0.15) is 6.10 Å². The van der Waals surface area contributed by atoms with E-state index in [-0.39, 0.29) is 11.7 Å². The molecule has 2 unspecified atom stereocenters. The molecule has 1 aromatic rings. The van der Waals surface area contributed by atoms with Crippen LogP contribution in [-0.2, 0) is 11.4 Å². The fraction of sp³-hybridized carbons (Fsp3) is 0.545. The summed E-state index contributed by atoms with van der Waals surface area (Å²) in [6.45, 7) is 1.41. The summed E-state index contributed by atoms with van der Waals surface area (Å²) >= 11 is 2.48. The molecule has 0 saturated heterocycles. The normalized spacial score (nSPS) is 14.6. The maximum absolute atomic E-state index is 10.7. The van der Waals surface area contributed by atoms with E-state index in [1.165, 1.54) is 18.3 Å². The Morgan fingerprint density at radius 1 is 1.53 bits per heavy atom. The molecule has 0 amide bonds. The monoisotopic (exact) mass is 276 g/mol. The molecule has 96 valence electrons. The van der Waals surface area contributed by atoms with E-state index in [2.05, 4.69) is 0 Å². The summed E-state index contributed by atoms with van der Waals surface area (Å²) in [7, 11) is 0. The van der Waals surface area contributed by atoms with Crippen LogP contribution in [0.15, 0.2) is 11.4 Å². The van der Waals surface area contributed by atoms with Crippen LogP contribution in [0.25, 0.3) is 0 Å². The summed E-state index contributed by atoms with van der Waals surface area (Å²) in [5, 5.41) is 30.2. The highest BCUT2D eigenvalue weighted by atomic mass is 32.2. The Balaban J connectivity index is 2.45. The molecule has 0 fully saturated rings. The quantitative estimate of drug-likeness (QED) is 0.730. The first kappa shape index (κ1) is 14.7. The second-order valence-corrected chi connectivity index (χ2v) is 5.91. The third-order valence-electron chi connectivity index (χ3n) is 2.25. The van der Waals surface area contributed by atoms with Gasteiger partial charge in [-0.15, -0.1) is 11.3 Å². The Bertz CT molecular complexity index is 364. The smallest absolute Gasteiger partial charge is 0.185 e. The number of thiophene rings is 1. The average Bonchev–Trinajstić information content (AvgIpc) is 2.75. The van der Waals surface area contributed by atoms with Gasteiger partial charge in [-0.3, -0.25) is 4.79 Å². The first-order valence-electron chi connectivity index (χ1n) is 5.22. The summed E-state index contributed by atoms with van der Waals surface area (Å²) in [6, 6.07) is 1.68. The predicted octanol–water partition coefficient (Wildman–Crippen LogP) is 1.30. The molecule has 6 heteroatoms. The van der Waals surface area contributed by atoms with Crippen molar-refractivity contribution in [2.75, 3.05) is 5.75 Å². The average molecular weight is 276 g/mol. The van der Waals surface area contributed by atoms with Crippen molar-refractivity contribution in [2.45, 2.75) is 32.2 Å². The molecule has 0 aliphatic carbocycles. The van der Waals surface area contributed by atoms with Crippen LogP contribution in [0.3, 0.4) is 0 Å². The zero-order valence-electron chi connectivity index (χ0n) is 9.50. The first-order chi connectivity index (χ1) is 8.04. The van der Waals surface area contributed by atoms with Crippen LogP contribution in [-0.4, -0.2) is 32.3 Å². The van der Waals surface area contributed by atoms with Crippen molar-refractivity contribution in [2.24, 2.45) is 0 Å². The van der Waals surface area contributed by atoms with Gasteiger partial charge < -0.3 is 15.3 Å². The number of thioether (sulfide) groups is 1. The minimum Gasteiger partial charge on any atom is -0.391 e. The third-order valence-corrected chi connectivity index (χ3v) is 4.04. The van der Waals surface area contributed by atoms with Gasteiger partial charge in [-0.2, -0.15) is 0 Å². The standard InChI is InChI=1S/C11H16O4S2/c1-7(13)16-3-2-10(14)11(15)8-4-9(5-12)17-6-8/h4,6,10-12,14-15H,2-3,5H2,1H3. The summed E-state index contributed by atoms with van der Waals surface area (Å²) in [5.41, 5.74) is 0.611. The van der Waals surface area contributed by atoms with Crippen molar-refractivity contribution in [3.8, 4) is 0 Å². The lowest BCUT2D eigenvalue weighted by Crippen LogP contribution is -2.18. The lowest BCUT2D eigenvalue weighted by atomic mass is 10.1. The van der Waals surface area contributed by atoms with E-state index < -0.39 is 12.2 Å². The summed E-state index contributed by atoms with van der Waals surface area (Å²) in [5.74, 6) is 0.491. The number of carbonyl (C=O) groups excluding carboxylic acids is 1. The first-order valence-corrected chi connectivity index (χ1v) is 7.08. The zero-order valence-corrected chi connectivity index (χ0v) is 11.1. The second kappa shape index (κ2) is 7.13. The van der Waals surface area contributed by atoms with Crippen molar-refractivity contribution in [3.05, 3.63) is 21.9 Å². The molecular weight excluding hydrogens is 260 g/mol. The fourth-order valence-corrected chi connectivity index (χ4v) is 2.76. The Kier molecular flexibility index (Phi) is 6.15. The van der Waals surface area contributed by atoms with E-state index in [0.717, 1.165) is 16.6 Å². The van der Waals surface area contributed by atoms with Gasteiger partial charge >= 0.3 is 0 Å². The van der Waals surface area contributed by atoms with Crippen molar-refractivity contribution in [1.82, 2.24) is 0 Å². The van der Waals surface area contributed by atoms with Crippen LogP contribution in [0.4, 0.5) is 0 Å². The molecule has 0 aliphatic rings. The van der Waals surface area contributed by atoms with E-state index in [4.69, 9.17) is 5.11 Å². The highest BCUT2D eigenvalue weighted by Crippen LogP contribution is 2.25. The molecule has 3 N–H and O–H groups in total. The zero-order chi connectivity index (χ0) is 12.8. The molecule has 17 heavy (non-hydrogen) atoms. The number of aliphatic hydroxyl groups is 3. The lowest BCUT2D eigenvalue weighted by molar-refractivity contribution is -0.109. The van der Waals surface area contributed by atoms with E-state index in [1.54, 1.807) is 11.4 Å². The molecule has 1 aromatic heterocycles. The molecule has 0 aliphatic heterocycles. The van der Waals surface area contributed by atoms with Gasteiger partial charge in [-0.05, 0) is 23.4 Å². The van der Waals surface area contributed by atoms with Crippen LogP contribution < -0.4 is 0 Å². The Morgan fingerprint density at radius 2 is 2.24 bits per heavy atom. The number of hydrogen-bond donors (Lipinski definition) is 3. The third kappa shape index (κ3) is 4.77. The molecule has 0 radical (unpaired) electrons. The van der Waals surface area contributed by atoms with Crippen LogP contribution in [0.1, 0.15) is 29.9 Å². The van der Waals surface area contributed by atoms with Gasteiger partial charge in [-0.25, -0.2) is 0 Å². The van der Waals surface area contributed by atoms with Gasteiger partial charge in [0, 0.05) is 17.6 Å². The molecule has 4 nitrogen and oxygen atoms in total. The van der Waals surface area contributed by atoms with Crippen LogP contribution in [0.5, 0.6) is 0 Å². The summed E-state index contributed by atoms with van der Waals surface area (Å²) in [4.78, 5) is 11.5. The molecule has 0 saturated carbocycles. The maximum Gasteiger partial charge on any atom is 0.185 e. The summed E-state index contributed by atoms with van der Waals surface area (Å²) in [6.07, 6.45) is -1.49. The second-order valence-electron chi connectivity index (χ2n) is 3.65. The Hall–Kier alpha value is -0.400. The number of aliphatic hydroxyl groups excluding tert-OH is 3. The number of hydrogen-bond acceptors (Lipinski definition) is 6. The van der Waals surface area contributed by atoms with Crippen molar-refractivity contribution in [3.63, 3.8) is 0 Å². The number of rotatable bonds is 6. The molecule has 0 aromatic carbocycles. The molecule has 1 rings (SSSR count). The molecule has 0 spiro atoms. The van der Waals surface area contributed by atoms with Crippen molar-refractivity contribution >= 4 is 28.2 Å². The molecule has 2 atom stereocenters. The summed E-state index contributed by atoms with van der Waals surface area (Å²) < 4.78 is 0. The Labute approximate surface area is 108 Å². The van der Waals surface area contributed by atoms with Gasteiger partial charge in [0.15, 0.2) is 5.12 Å². The van der Waals surface area contributed by atoms with E-state index >= 15 is 0 Å². The SMILES string of the molecule is CC(=O)SCCC(O)C(O)c1csc(CO)c1. The van der Waals surface area contributed by atoms with Gasteiger partial charge in [0.2, 0.25) is 0 Å². The fourth-order valence-electron chi connectivity index (χ4n) is 1.34. The minimum atomic E-state index is -0.959. The van der Waals surface area contributed by atoms with Crippen LogP contribution in [0.2, 0.25) is 0 Å². The van der Waals surface area contributed by atoms with Gasteiger partial charge in [0.25, 0.3) is 0 Å². The highest BCUT2D eigenvalue weighted by molar-refractivity contribution is 8.13. The topological polar surface area (TPSA) is 77.8 Å². The largest absolute Gasteiger partial charge is 0.391 e. The molecule has 0 bridgehead atoms. The lowest BCUT2D eigenvalue weighted by Gasteiger charge is -2.16. The van der Waals surface area contributed by atoms with Crippen LogP contribution in [0, 0.1) is 0 Å². The molecule has 1 heterocycles. The van der Waals surface area contributed by atoms with Crippen molar-refractivity contribution in [1.29, 1.82) is 0 Å². The minimum absolute atomic E-state index is 0.00444. The maximum atomic E-state index is 10.7. The number of carbonyl (C=O) groups is 1. The van der Waals surface area contributed by atoms with E-state index in [1.807, 2.05) is 0 Å². The highest BCUT2D eigenvalue weighted by Gasteiger charge is 2.19. The van der Waals surface area contributed by atoms with Crippen molar-refractivity contribution < 1.29 is 20.1 Å². The Morgan fingerprint density at radius 3 is 2.76 bits per heavy atom. The van der Waals surface area contributed by atoms with Gasteiger partial charge in [0.05, 0.1) is 12.7 Å².